The Hall–Kier alpha value is -1.36. The Labute approximate surface area is 88.7 Å². The van der Waals surface area contributed by atoms with E-state index in [0.717, 1.165) is 0 Å². The summed E-state index contributed by atoms with van der Waals surface area (Å²) in [5.41, 5.74) is 11.1. The zero-order valence-corrected chi connectivity index (χ0v) is 8.71. The minimum absolute atomic E-state index is 0.00537. The molecule has 0 amide bonds. The molecule has 0 aliphatic rings. The van der Waals surface area contributed by atoms with E-state index < -0.39 is 5.82 Å². The highest BCUT2D eigenvalue weighted by Gasteiger charge is 2.05. The molecule has 3 nitrogen and oxygen atoms in total. The van der Waals surface area contributed by atoms with E-state index in [1.165, 1.54) is 12.1 Å². The van der Waals surface area contributed by atoms with Gasteiger partial charge in [0.25, 0.3) is 0 Å². The number of nitrogen functional groups attached to an aromatic ring is 1. The predicted octanol–water partition coefficient (Wildman–Crippen LogP) is 1.67. The highest BCUT2D eigenvalue weighted by atomic mass is 79.9. The molecule has 0 heterocycles. The van der Waals surface area contributed by atoms with Crippen molar-refractivity contribution in [2.45, 2.75) is 0 Å². The number of carbonyl (C=O) groups is 1. The summed E-state index contributed by atoms with van der Waals surface area (Å²) in [6, 6.07) is 2.82. The fourth-order valence-electron chi connectivity index (χ4n) is 0.938. The molecule has 1 aromatic carbocycles. The Balaban J connectivity index is 3.27. The van der Waals surface area contributed by atoms with Crippen LogP contribution in [-0.4, -0.2) is 6.29 Å². The molecule has 0 saturated carbocycles. The molecule has 0 unspecified atom stereocenters. The number of benzene rings is 1. The number of anilines is 1. The van der Waals surface area contributed by atoms with Crippen molar-refractivity contribution in [1.82, 2.24) is 0 Å². The van der Waals surface area contributed by atoms with Gasteiger partial charge in [0.15, 0.2) is 6.29 Å². The Morgan fingerprint density at radius 1 is 1.50 bits per heavy atom. The first-order chi connectivity index (χ1) is 6.54. The molecule has 0 fully saturated rings. The lowest BCUT2D eigenvalue weighted by Gasteiger charge is -2.03. The van der Waals surface area contributed by atoms with Gasteiger partial charge in [0.2, 0.25) is 0 Å². The monoisotopic (exact) mass is 258 g/mol. The topological polar surface area (TPSA) is 69.1 Å². The maximum absolute atomic E-state index is 13.1. The molecule has 74 valence electrons. The molecule has 0 aromatic heterocycles. The lowest BCUT2D eigenvalue weighted by molar-refractivity contribution is -0.104. The number of hydrogen-bond donors (Lipinski definition) is 2. The predicted molar refractivity (Wildman–Crippen MR) is 56.7 cm³/mol. The molecule has 1 aromatic rings. The molecule has 5 heteroatoms. The van der Waals surface area contributed by atoms with Crippen LogP contribution in [0.25, 0.3) is 6.08 Å². The van der Waals surface area contributed by atoms with Crippen molar-refractivity contribution >= 4 is 34.0 Å². The van der Waals surface area contributed by atoms with Crippen molar-refractivity contribution in [3.8, 4) is 0 Å². The van der Waals surface area contributed by atoms with Crippen LogP contribution < -0.4 is 11.5 Å². The van der Waals surface area contributed by atoms with Gasteiger partial charge in [-0.3, -0.25) is 4.79 Å². The van der Waals surface area contributed by atoms with Crippen LogP contribution in [0.15, 0.2) is 22.3 Å². The lowest BCUT2D eigenvalue weighted by Crippen LogP contribution is -2.00. The molecular weight excluding hydrogens is 251 g/mol. The molecule has 4 N–H and O–H groups in total. The SMILES string of the molecule is N/C(C=O)=C\c1cc(Br)cc(F)c1N. The van der Waals surface area contributed by atoms with Gasteiger partial charge in [-0.2, -0.15) is 0 Å². The van der Waals surface area contributed by atoms with Gasteiger partial charge in [-0.05, 0) is 18.2 Å². The summed E-state index contributed by atoms with van der Waals surface area (Å²) < 4.78 is 13.6. The first-order valence-electron chi connectivity index (χ1n) is 3.71. The largest absolute Gasteiger partial charge is 0.396 e. The van der Waals surface area contributed by atoms with Crippen LogP contribution in [0.2, 0.25) is 0 Å². The smallest absolute Gasteiger partial charge is 0.165 e. The van der Waals surface area contributed by atoms with Crippen LogP contribution in [0.1, 0.15) is 5.56 Å². The quantitative estimate of drug-likeness (QED) is 0.482. The number of aldehydes is 1. The Bertz CT molecular complexity index is 404. The second-order valence-electron chi connectivity index (χ2n) is 2.65. The van der Waals surface area contributed by atoms with Crippen LogP contribution in [0.5, 0.6) is 0 Å². The molecule has 14 heavy (non-hydrogen) atoms. The summed E-state index contributed by atoms with van der Waals surface area (Å²) >= 11 is 3.11. The van der Waals surface area contributed by atoms with Gasteiger partial charge in [0.05, 0.1) is 11.4 Å². The van der Waals surface area contributed by atoms with E-state index in [-0.39, 0.29) is 11.4 Å². The highest BCUT2D eigenvalue weighted by molar-refractivity contribution is 9.10. The van der Waals surface area contributed by atoms with E-state index in [0.29, 0.717) is 16.3 Å². The van der Waals surface area contributed by atoms with E-state index in [1.54, 1.807) is 6.07 Å². The Kier molecular flexibility index (Phi) is 3.24. The van der Waals surface area contributed by atoms with Gasteiger partial charge in [0, 0.05) is 10.0 Å². The average molecular weight is 259 g/mol. The summed E-state index contributed by atoms with van der Waals surface area (Å²) in [4.78, 5) is 10.3. The number of hydrogen-bond acceptors (Lipinski definition) is 3. The molecule has 1 rings (SSSR count). The summed E-state index contributed by atoms with van der Waals surface area (Å²) in [6.07, 6.45) is 1.79. The maximum Gasteiger partial charge on any atom is 0.165 e. The molecule has 0 radical (unpaired) electrons. The number of rotatable bonds is 2. The standard InChI is InChI=1S/C9H8BrFN2O/c10-6-1-5(2-7(12)4-14)9(13)8(11)3-6/h1-4H,12-13H2/b7-2-. The van der Waals surface area contributed by atoms with Crippen LogP contribution in [0.4, 0.5) is 10.1 Å². The van der Waals surface area contributed by atoms with Gasteiger partial charge < -0.3 is 11.5 Å². The first-order valence-corrected chi connectivity index (χ1v) is 4.50. The van der Waals surface area contributed by atoms with Crippen molar-refractivity contribution in [2.75, 3.05) is 5.73 Å². The number of allylic oxidation sites excluding steroid dienone is 1. The van der Waals surface area contributed by atoms with Crippen LogP contribution in [0, 0.1) is 5.82 Å². The van der Waals surface area contributed by atoms with E-state index in [1.807, 2.05) is 0 Å². The zero-order chi connectivity index (χ0) is 10.7. The van der Waals surface area contributed by atoms with Crippen molar-refractivity contribution in [1.29, 1.82) is 0 Å². The lowest BCUT2D eigenvalue weighted by atomic mass is 10.1. The second-order valence-corrected chi connectivity index (χ2v) is 3.57. The summed E-state index contributed by atoms with van der Waals surface area (Å²) in [5.74, 6) is -0.552. The minimum atomic E-state index is -0.552. The maximum atomic E-state index is 13.1. The van der Waals surface area contributed by atoms with Crippen molar-refractivity contribution < 1.29 is 9.18 Å². The Morgan fingerprint density at radius 2 is 2.14 bits per heavy atom. The first kappa shape index (κ1) is 10.7. The van der Waals surface area contributed by atoms with Gasteiger partial charge >= 0.3 is 0 Å². The molecule has 0 aliphatic heterocycles. The minimum Gasteiger partial charge on any atom is -0.396 e. The van der Waals surface area contributed by atoms with E-state index >= 15 is 0 Å². The van der Waals surface area contributed by atoms with E-state index in [9.17, 15) is 9.18 Å². The summed E-state index contributed by atoms with van der Waals surface area (Å²) in [5, 5.41) is 0. The third kappa shape index (κ3) is 2.32. The molecule has 0 bridgehead atoms. The van der Waals surface area contributed by atoms with Crippen LogP contribution in [-0.2, 0) is 4.79 Å². The fourth-order valence-corrected chi connectivity index (χ4v) is 1.39. The molecule has 0 aliphatic carbocycles. The number of nitrogens with two attached hydrogens (primary N) is 2. The van der Waals surface area contributed by atoms with Gasteiger partial charge in [-0.15, -0.1) is 0 Å². The summed E-state index contributed by atoms with van der Waals surface area (Å²) in [7, 11) is 0. The van der Waals surface area contributed by atoms with Gasteiger partial charge in [0.1, 0.15) is 5.82 Å². The second kappa shape index (κ2) is 4.23. The summed E-state index contributed by atoms with van der Waals surface area (Å²) in [6.45, 7) is 0. The van der Waals surface area contributed by atoms with Crippen molar-refractivity contribution in [3.63, 3.8) is 0 Å². The van der Waals surface area contributed by atoms with Crippen LogP contribution >= 0.6 is 15.9 Å². The third-order valence-corrected chi connectivity index (χ3v) is 2.04. The molecular formula is C9H8BrFN2O. The number of halogens is 2. The third-order valence-electron chi connectivity index (χ3n) is 1.58. The van der Waals surface area contributed by atoms with E-state index in [4.69, 9.17) is 11.5 Å². The highest BCUT2D eigenvalue weighted by Crippen LogP contribution is 2.23. The molecule has 0 saturated heterocycles. The van der Waals surface area contributed by atoms with Crippen molar-refractivity contribution in [3.05, 3.63) is 33.7 Å². The van der Waals surface area contributed by atoms with Gasteiger partial charge in [-0.25, -0.2) is 4.39 Å². The molecule has 0 atom stereocenters. The molecule has 0 spiro atoms. The number of carbonyl (C=O) groups excluding carboxylic acids is 1. The Morgan fingerprint density at radius 3 is 2.71 bits per heavy atom. The fraction of sp³-hybridized carbons (Fsp3) is 0. The van der Waals surface area contributed by atoms with Crippen molar-refractivity contribution in [2.24, 2.45) is 5.73 Å². The van der Waals surface area contributed by atoms with Crippen LogP contribution in [0.3, 0.4) is 0 Å². The van der Waals surface area contributed by atoms with E-state index in [2.05, 4.69) is 15.9 Å². The zero-order valence-electron chi connectivity index (χ0n) is 7.13. The van der Waals surface area contributed by atoms with Gasteiger partial charge in [-0.1, -0.05) is 15.9 Å². The average Bonchev–Trinajstić information content (AvgIpc) is 2.13. The normalized spacial score (nSPS) is 11.4.